The van der Waals surface area contributed by atoms with Crippen LogP contribution in [0.15, 0.2) is 65.6 Å². The normalized spacial score (nSPS) is 11.3. The summed E-state index contributed by atoms with van der Waals surface area (Å²) in [7, 11) is -3.70. The summed E-state index contributed by atoms with van der Waals surface area (Å²) in [5.41, 5.74) is 6.34. The van der Waals surface area contributed by atoms with Gasteiger partial charge in [-0.3, -0.25) is 4.72 Å². The first kappa shape index (κ1) is 23.8. The minimum atomic E-state index is -3.70. The molecule has 0 aliphatic rings. The lowest BCUT2D eigenvalue weighted by molar-refractivity contribution is 0.601. The molecule has 3 N–H and O–H groups in total. The molecule has 3 aromatic carbocycles. The van der Waals surface area contributed by atoms with Crippen LogP contribution in [0.25, 0.3) is 0 Å². The average Bonchev–Trinajstić information content (AvgIpc) is 2.71. The smallest absolute Gasteiger partial charge is 0.261 e. The first-order valence-corrected chi connectivity index (χ1v) is 12.3. The Morgan fingerprint density at radius 2 is 1.28 bits per heavy atom. The van der Waals surface area contributed by atoms with Crippen LogP contribution in [0, 0.1) is 20.8 Å². The van der Waals surface area contributed by atoms with E-state index in [1.807, 2.05) is 45.0 Å². The third-order valence-electron chi connectivity index (χ3n) is 5.17. The van der Waals surface area contributed by atoms with E-state index >= 15 is 0 Å². The molecule has 3 aromatic rings. The van der Waals surface area contributed by atoms with Gasteiger partial charge in [0.15, 0.2) is 5.11 Å². The topological polar surface area (TPSA) is 70.2 Å². The number of sulfonamides is 1. The first-order chi connectivity index (χ1) is 15.0. The molecule has 0 saturated carbocycles. The number of hydrogen-bond acceptors (Lipinski definition) is 3. The maximum atomic E-state index is 12.9. The Kier molecular flexibility index (Phi) is 7.21. The van der Waals surface area contributed by atoms with Gasteiger partial charge >= 0.3 is 0 Å². The van der Waals surface area contributed by atoms with Crippen molar-refractivity contribution < 1.29 is 8.42 Å². The molecule has 0 saturated heterocycles. The summed E-state index contributed by atoms with van der Waals surface area (Å²) in [5, 5.41) is 6.66. The number of rotatable bonds is 6. The van der Waals surface area contributed by atoms with Gasteiger partial charge in [0.05, 0.1) is 10.6 Å². The van der Waals surface area contributed by atoms with E-state index < -0.39 is 10.0 Å². The summed E-state index contributed by atoms with van der Waals surface area (Å²) in [5.74, 6) is 0.470. The van der Waals surface area contributed by atoms with Gasteiger partial charge in [0, 0.05) is 11.4 Å². The molecular formula is C25H29N3O2S2. The van der Waals surface area contributed by atoms with E-state index in [9.17, 15) is 8.42 Å². The Bertz CT molecular complexity index is 1190. The van der Waals surface area contributed by atoms with Crippen molar-refractivity contribution in [2.75, 3.05) is 15.4 Å². The zero-order valence-corrected chi connectivity index (χ0v) is 20.6. The lowest BCUT2D eigenvalue weighted by Gasteiger charge is -2.15. The van der Waals surface area contributed by atoms with Gasteiger partial charge in [0.2, 0.25) is 0 Å². The number of aryl methyl sites for hydroxylation is 3. The van der Waals surface area contributed by atoms with Crippen LogP contribution in [0.3, 0.4) is 0 Å². The van der Waals surface area contributed by atoms with Crippen molar-refractivity contribution >= 4 is 44.4 Å². The lowest BCUT2D eigenvalue weighted by Crippen LogP contribution is -2.19. The van der Waals surface area contributed by atoms with Gasteiger partial charge in [0.25, 0.3) is 10.0 Å². The molecule has 0 aromatic heterocycles. The van der Waals surface area contributed by atoms with Crippen molar-refractivity contribution in [3.8, 4) is 0 Å². The summed E-state index contributed by atoms with van der Waals surface area (Å²) in [6.07, 6.45) is 0. The summed E-state index contributed by atoms with van der Waals surface area (Å²) < 4.78 is 28.5. The molecule has 7 heteroatoms. The second-order valence-corrected chi connectivity index (χ2v) is 10.4. The van der Waals surface area contributed by atoms with E-state index in [4.69, 9.17) is 12.2 Å². The van der Waals surface area contributed by atoms with Crippen LogP contribution in [0.2, 0.25) is 0 Å². The first-order valence-electron chi connectivity index (χ1n) is 10.4. The Morgan fingerprint density at radius 3 is 1.75 bits per heavy atom. The maximum absolute atomic E-state index is 12.9. The van der Waals surface area contributed by atoms with E-state index in [1.165, 1.54) is 5.56 Å². The zero-order valence-electron chi connectivity index (χ0n) is 19.0. The highest BCUT2D eigenvalue weighted by molar-refractivity contribution is 7.92. The Labute approximate surface area is 196 Å². The quantitative estimate of drug-likeness (QED) is 0.369. The highest BCUT2D eigenvalue weighted by Crippen LogP contribution is 2.26. The second kappa shape index (κ2) is 9.71. The molecule has 0 unspecified atom stereocenters. The summed E-state index contributed by atoms with van der Waals surface area (Å²) >= 11 is 5.38. The molecule has 0 atom stereocenters. The molecule has 5 nitrogen and oxygen atoms in total. The van der Waals surface area contributed by atoms with Gasteiger partial charge in [-0.2, -0.15) is 0 Å². The highest BCUT2D eigenvalue weighted by Gasteiger charge is 2.17. The monoisotopic (exact) mass is 467 g/mol. The molecule has 0 radical (unpaired) electrons. The standard InChI is InChI=1S/C25H29N3O2S2/c1-16(2)20-6-8-21(9-7-20)26-25(31)27-22-10-12-23(13-11-22)32(29,30)28-24-18(4)14-17(3)15-19(24)5/h6-16,28H,1-5H3,(H2,26,27,31). The van der Waals surface area contributed by atoms with Gasteiger partial charge in [-0.1, -0.05) is 43.7 Å². The van der Waals surface area contributed by atoms with Crippen LogP contribution >= 0.6 is 12.2 Å². The van der Waals surface area contributed by atoms with Crippen LogP contribution in [-0.2, 0) is 10.0 Å². The van der Waals surface area contributed by atoms with Crippen molar-refractivity contribution in [1.82, 2.24) is 0 Å². The minimum absolute atomic E-state index is 0.186. The molecule has 0 aliphatic heterocycles. The molecule has 32 heavy (non-hydrogen) atoms. The lowest BCUT2D eigenvalue weighted by atomic mass is 10.0. The zero-order chi connectivity index (χ0) is 23.5. The maximum Gasteiger partial charge on any atom is 0.261 e. The van der Waals surface area contributed by atoms with E-state index in [0.29, 0.717) is 22.4 Å². The summed E-state index contributed by atoms with van der Waals surface area (Å²) in [6.45, 7) is 10.1. The van der Waals surface area contributed by atoms with Gasteiger partial charge < -0.3 is 10.6 Å². The van der Waals surface area contributed by atoms with Crippen molar-refractivity contribution in [1.29, 1.82) is 0 Å². The minimum Gasteiger partial charge on any atom is -0.332 e. The average molecular weight is 468 g/mol. The largest absolute Gasteiger partial charge is 0.332 e. The molecule has 3 rings (SSSR count). The van der Waals surface area contributed by atoms with Crippen molar-refractivity contribution in [2.45, 2.75) is 45.4 Å². The predicted molar refractivity (Wildman–Crippen MR) is 138 cm³/mol. The third-order valence-corrected chi connectivity index (χ3v) is 6.74. The number of thiocarbonyl (C=S) groups is 1. The fraction of sp³-hybridized carbons (Fsp3) is 0.240. The van der Waals surface area contributed by atoms with Crippen molar-refractivity contribution in [3.63, 3.8) is 0 Å². The number of benzene rings is 3. The Balaban J connectivity index is 1.67. The fourth-order valence-corrected chi connectivity index (χ4v) is 4.94. The molecule has 0 fully saturated rings. The fourth-order valence-electron chi connectivity index (χ4n) is 3.50. The van der Waals surface area contributed by atoms with Crippen LogP contribution in [-0.4, -0.2) is 13.5 Å². The van der Waals surface area contributed by atoms with E-state index in [2.05, 4.69) is 41.3 Å². The third kappa shape index (κ3) is 5.87. The van der Waals surface area contributed by atoms with Crippen LogP contribution in [0.4, 0.5) is 17.1 Å². The van der Waals surface area contributed by atoms with E-state index in [0.717, 1.165) is 22.4 Å². The molecule has 0 spiro atoms. The molecule has 0 amide bonds. The van der Waals surface area contributed by atoms with Gasteiger partial charge in [-0.25, -0.2) is 8.42 Å². The number of hydrogen-bond donors (Lipinski definition) is 3. The van der Waals surface area contributed by atoms with Gasteiger partial charge in [-0.15, -0.1) is 0 Å². The second-order valence-electron chi connectivity index (χ2n) is 8.26. The summed E-state index contributed by atoms with van der Waals surface area (Å²) in [4.78, 5) is 0.186. The van der Waals surface area contributed by atoms with Crippen molar-refractivity contribution in [2.24, 2.45) is 0 Å². The Hall–Kier alpha value is -2.90. The van der Waals surface area contributed by atoms with Crippen LogP contribution in [0.1, 0.15) is 42.0 Å². The Morgan fingerprint density at radius 1 is 0.812 bits per heavy atom. The number of anilines is 3. The number of nitrogens with one attached hydrogen (secondary N) is 3. The molecule has 0 aliphatic carbocycles. The van der Waals surface area contributed by atoms with E-state index in [1.54, 1.807) is 24.3 Å². The van der Waals surface area contributed by atoms with E-state index in [-0.39, 0.29) is 4.90 Å². The predicted octanol–water partition coefficient (Wildman–Crippen LogP) is 6.34. The molecule has 0 bridgehead atoms. The SMILES string of the molecule is Cc1cc(C)c(NS(=O)(=O)c2ccc(NC(=S)Nc3ccc(C(C)C)cc3)cc2)c(C)c1. The van der Waals surface area contributed by atoms with Crippen LogP contribution < -0.4 is 15.4 Å². The highest BCUT2D eigenvalue weighted by atomic mass is 32.2. The van der Waals surface area contributed by atoms with Crippen molar-refractivity contribution in [3.05, 3.63) is 82.9 Å². The molecular weight excluding hydrogens is 438 g/mol. The van der Waals surface area contributed by atoms with Gasteiger partial charge in [-0.05, 0) is 92.0 Å². The van der Waals surface area contributed by atoms with Crippen LogP contribution in [0.5, 0.6) is 0 Å². The van der Waals surface area contributed by atoms with Gasteiger partial charge in [0.1, 0.15) is 0 Å². The summed E-state index contributed by atoms with van der Waals surface area (Å²) in [6, 6.07) is 18.5. The molecule has 168 valence electrons. The molecule has 0 heterocycles.